The zero-order valence-corrected chi connectivity index (χ0v) is 12.3. The molecule has 2 N–H and O–H groups in total. The highest BCUT2D eigenvalue weighted by Gasteiger charge is 2.25. The summed E-state index contributed by atoms with van der Waals surface area (Å²) in [5.41, 5.74) is 0.493. The Bertz CT molecular complexity index is 518. The van der Waals surface area contributed by atoms with Crippen LogP contribution < -0.4 is 0 Å². The number of likely N-dealkylation sites (tertiary alicyclic amines) is 1. The van der Waals surface area contributed by atoms with Crippen molar-refractivity contribution in [1.29, 1.82) is 0 Å². The van der Waals surface area contributed by atoms with E-state index < -0.39 is 5.82 Å². The van der Waals surface area contributed by atoms with E-state index in [1.807, 2.05) is 0 Å². The van der Waals surface area contributed by atoms with E-state index in [9.17, 15) is 14.3 Å². The fourth-order valence-electron chi connectivity index (χ4n) is 3.02. The molecule has 0 radical (unpaired) electrons. The van der Waals surface area contributed by atoms with Gasteiger partial charge >= 0.3 is 0 Å². The lowest BCUT2D eigenvalue weighted by molar-refractivity contribution is 0.101. The molecule has 0 spiro atoms. The maximum absolute atomic E-state index is 13.6. The number of benzene rings is 1. The van der Waals surface area contributed by atoms with Crippen molar-refractivity contribution < 1.29 is 19.4 Å². The predicted molar refractivity (Wildman–Crippen MR) is 77.8 cm³/mol. The molecule has 21 heavy (non-hydrogen) atoms. The molecule has 1 aromatic rings. The Kier molecular flexibility index (Phi) is 5.31. The minimum absolute atomic E-state index is 0.0381. The lowest BCUT2D eigenvalue weighted by Gasteiger charge is -2.25. The van der Waals surface area contributed by atoms with E-state index in [1.165, 1.54) is 13.0 Å². The van der Waals surface area contributed by atoms with Gasteiger partial charge in [0.1, 0.15) is 11.6 Å². The van der Waals surface area contributed by atoms with Gasteiger partial charge < -0.3 is 10.2 Å². The highest BCUT2D eigenvalue weighted by Crippen LogP contribution is 2.29. The van der Waals surface area contributed by atoms with Crippen LogP contribution in [0.3, 0.4) is 0 Å². The van der Waals surface area contributed by atoms with E-state index >= 15 is 0 Å². The molecular weight excluding hydrogens is 273 g/mol. The van der Waals surface area contributed by atoms with Gasteiger partial charge in [-0.1, -0.05) is 0 Å². The number of ketones is 1. The van der Waals surface area contributed by atoms with E-state index in [0.717, 1.165) is 38.3 Å². The number of phenols is 1. The number of nitrogens with zero attached hydrogens (tertiary/aromatic N) is 1. The maximum atomic E-state index is 13.6. The van der Waals surface area contributed by atoms with Gasteiger partial charge in [-0.05, 0) is 51.3 Å². The van der Waals surface area contributed by atoms with Crippen molar-refractivity contribution in [2.75, 3.05) is 13.2 Å². The zero-order chi connectivity index (χ0) is 15.4. The molecule has 4 nitrogen and oxygen atoms in total. The predicted octanol–water partition coefficient (Wildman–Crippen LogP) is 2.47. The summed E-state index contributed by atoms with van der Waals surface area (Å²) in [5.74, 6) is -0.956. The molecule has 5 heteroatoms. The van der Waals surface area contributed by atoms with Gasteiger partial charge in [-0.15, -0.1) is 0 Å². The Balaban J connectivity index is 2.17. The van der Waals surface area contributed by atoms with Gasteiger partial charge in [0, 0.05) is 24.8 Å². The van der Waals surface area contributed by atoms with E-state index in [2.05, 4.69) is 4.90 Å². The van der Waals surface area contributed by atoms with Crippen molar-refractivity contribution >= 4 is 5.78 Å². The first-order chi connectivity index (χ1) is 10.0. The number of aliphatic hydroxyl groups is 1. The molecule has 1 aromatic carbocycles. The number of carbonyl (C=O) groups excluding carboxylic acids is 1. The first kappa shape index (κ1) is 15.9. The molecule has 1 atom stereocenters. The number of aromatic hydroxyl groups is 1. The number of halogens is 1. The monoisotopic (exact) mass is 295 g/mol. The van der Waals surface area contributed by atoms with Gasteiger partial charge in [0.15, 0.2) is 5.78 Å². The number of phenolic OH excluding ortho intramolecular Hbond substituents is 1. The number of aliphatic hydroxyl groups excluding tert-OH is 1. The molecule has 1 heterocycles. The van der Waals surface area contributed by atoms with Crippen molar-refractivity contribution in [2.24, 2.45) is 0 Å². The summed E-state index contributed by atoms with van der Waals surface area (Å²) >= 11 is 0. The first-order valence-electron chi connectivity index (χ1n) is 7.40. The Morgan fingerprint density at radius 2 is 2.24 bits per heavy atom. The average Bonchev–Trinajstić information content (AvgIpc) is 2.87. The van der Waals surface area contributed by atoms with Gasteiger partial charge in [-0.25, -0.2) is 4.39 Å². The minimum Gasteiger partial charge on any atom is -0.507 e. The highest BCUT2D eigenvalue weighted by atomic mass is 19.1. The van der Waals surface area contributed by atoms with Gasteiger partial charge in [-0.2, -0.15) is 0 Å². The molecule has 116 valence electrons. The summed E-state index contributed by atoms with van der Waals surface area (Å²) in [6.07, 6.45) is 3.75. The molecule has 0 saturated carbocycles. The van der Waals surface area contributed by atoms with Crippen LogP contribution in [0.1, 0.15) is 48.5 Å². The fraction of sp³-hybridized carbons (Fsp3) is 0.562. The lowest BCUT2D eigenvalue weighted by Crippen LogP contribution is -2.29. The third-order valence-electron chi connectivity index (χ3n) is 4.10. The summed E-state index contributed by atoms with van der Waals surface area (Å²) in [4.78, 5) is 13.6. The smallest absolute Gasteiger partial charge is 0.163 e. The highest BCUT2D eigenvalue weighted by molar-refractivity contribution is 5.97. The third kappa shape index (κ3) is 3.80. The minimum atomic E-state index is -0.501. The van der Waals surface area contributed by atoms with Crippen LogP contribution in [0.5, 0.6) is 5.75 Å². The van der Waals surface area contributed by atoms with Crippen LogP contribution in [0.25, 0.3) is 0 Å². The third-order valence-corrected chi connectivity index (χ3v) is 4.10. The van der Waals surface area contributed by atoms with Crippen molar-refractivity contribution in [1.82, 2.24) is 4.90 Å². The SMILES string of the molecule is CC(=O)c1cc(F)cc(CN2CCCC2CCCO)c1O. The fourth-order valence-corrected chi connectivity index (χ4v) is 3.02. The Labute approximate surface area is 124 Å². The number of Topliss-reactive ketones (excluding diaryl/α,β-unsaturated/α-hetero) is 1. The van der Waals surface area contributed by atoms with Gasteiger partial charge in [-0.3, -0.25) is 9.69 Å². The summed E-state index contributed by atoms with van der Waals surface area (Å²) in [6.45, 7) is 2.81. The van der Waals surface area contributed by atoms with Crippen molar-refractivity contribution in [3.63, 3.8) is 0 Å². The normalized spacial score (nSPS) is 19.1. The second kappa shape index (κ2) is 7.00. The molecule has 1 saturated heterocycles. The van der Waals surface area contributed by atoms with Crippen LogP contribution in [0.15, 0.2) is 12.1 Å². The van der Waals surface area contributed by atoms with Crippen LogP contribution in [-0.4, -0.2) is 40.1 Å². The second-order valence-corrected chi connectivity index (χ2v) is 5.65. The lowest BCUT2D eigenvalue weighted by atomic mass is 10.0. The second-order valence-electron chi connectivity index (χ2n) is 5.65. The van der Waals surface area contributed by atoms with Crippen molar-refractivity contribution in [3.05, 3.63) is 29.1 Å². The van der Waals surface area contributed by atoms with E-state index in [1.54, 1.807) is 0 Å². The van der Waals surface area contributed by atoms with E-state index in [4.69, 9.17) is 5.11 Å². The molecule has 2 rings (SSSR count). The number of carbonyl (C=O) groups is 1. The average molecular weight is 295 g/mol. The summed E-state index contributed by atoms with van der Waals surface area (Å²) < 4.78 is 13.6. The Morgan fingerprint density at radius 3 is 2.90 bits per heavy atom. The molecular formula is C16H22FNO3. The van der Waals surface area contributed by atoms with Crippen molar-refractivity contribution in [3.8, 4) is 5.75 Å². The van der Waals surface area contributed by atoms with Gasteiger partial charge in [0.2, 0.25) is 0 Å². The molecule has 0 bridgehead atoms. The summed E-state index contributed by atoms with van der Waals surface area (Å²) in [6, 6.07) is 2.72. The topological polar surface area (TPSA) is 60.8 Å². The number of hydrogen-bond acceptors (Lipinski definition) is 4. The van der Waals surface area contributed by atoms with Crippen LogP contribution in [0, 0.1) is 5.82 Å². The summed E-state index contributed by atoms with van der Waals surface area (Å²) in [5, 5.41) is 19.1. The quantitative estimate of drug-likeness (QED) is 0.792. The maximum Gasteiger partial charge on any atom is 0.163 e. The van der Waals surface area contributed by atoms with E-state index in [-0.39, 0.29) is 23.7 Å². The van der Waals surface area contributed by atoms with Crippen LogP contribution >= 0.6 is 0 Å². The van der Waals surface area contributed by atoms with Crippen LogP contribution in [0.4, 0.5) is 4.39 Å². The zero-order valence-electron chi connectivity index (χ0n) is 12.3. The molecule has 0 aromatic heterocycles. The Hall–Kier alpha value is -1.46. The molecule has 0 amide bonds. The van der Waals surface area contributed by atoms with Crippen LogP contribution in [-0.2, 0) is 6.54 Å². The largest absolute Gasteiger partial charge is 0.507 e. The first-order valence-corrected chi connectivity index (χ1v) is 7.40. The Morgan fingerprint density at radius 1 is 1.48 bits per heavy atom. The van der Waals surface area contributed by atoms with Gasteiger partial charge in [0.25, 0.3) is 0 Å². The molecule has 0 aliphatic carbocycles. The molecule has 1 aliphatic rings. The molecule has 1 unspecified atom stereocenters. The van der Waals surface area contributed by atoms with Crippen molar-refractivity contribution in [2.45, 2.75) is 45.2 Å². The number of rotatable bonds is 6. The van der Waals surface area contributed by atoms with Gasteiger partial charge in [0.05, 0.1) is 5.56 Å². The molecule has 1 fully saturated rings. The molecule has 1 aliphatic heterocycles. The summed E-state index contributed by atoms with van der Waals surface area (Å²) in [7, 11) is 0. The number of hydrogen-bond donors (Lipinski definition) is 2. The standard InChI is InChI=1S/C16H22FNO3/c1-11(20)15-9-13(17)8-12(16(15)21)10-18-6-2-4-14(18)5-3-7-19/h8-9,14,19,21H,2-7,10H2,1H3. The van der Waals surface area contributed by atoms with Crippen LogP contribution in [0.2, 0.25) is 0 Å². The van der Waals surface area contributed by atoms with E-state index in [0.29, 0.717) is 18.2 Å².